The molecule has 2 aliphatic rings. The Hall–Kier alpha value is -0.120. The number of hydrogen-bond donors (Lipinski definition) is 2. The Labute approximate surface area is 92.8 Å². The van der Waals surface area contributed by atoms with Crippen LogP contribution < -0.4 is 5.32 Å². The summed E-state index contributed by atoms with van der Waals surface area (Å²) in [6, 6.07) is 1.62. The number of hydrogen-bond acceptors (Lipinski definition) is 3. The van der Waals surface area contributed by atoms with Gasteiger partial charge in [-0.05, 0) is 38.1 Å². The molecule has 0 aromatic heterocycles. The van der Waals surface area contributed by atoms with E-state index in [1.165, 1.54) is 32.4 Å². The first-order valence-corrected chi connectivity index (χ1v) is 6.38. The molecule has 1 saturated heterocycles. The summed E-state index contributed by atoms with van der Waals surface area (Å²) in [5.74, 6) is 0.602. The molecule has 2 atom stereocenters. The van der Waals surface area contributed by atoms with Gasteiger partial charge in [0, 0.05) is 31.8 Å². The molecule has 3 nitrogen and oxygen atoms in total. The number of aliphatic hydroxyl groups is 1. The smallest absolute Gasteiger partial charge is 0.0434 e. The molecule has 1 saturated carbocycles. The summed E-state index contributed by atoms with van der Waals surface area (Å²) in [7, 11) is 0. The fraction of sp³-hybridized carbons (Fsp3) is 1.00. The third-order valence-corrected chi connectivity index (χ3v) is 3.66. The molecule has 0 radical (unpaired) electrons. The van der Waals surface area contributed by atoms with Crippen molar-refractivity contribution in [3.8, 4) is 0 Å². The monoisotopic (exact) mass is 212 g/mol. The molecule has 1 heterocycles. The van der Waals surface area contributed by atoms with Gasteiger partial charge in [-0.15, -0.1) is 0 Å². The average Bonchev–Trinajstić information content (AvgIpc) is 2.96. The molecule has 2 fully saturated rings. The van der Waals surface area contributed by atoms with Crippen molar-refractivity contribution in [1.29, 1.82) is 0 Å². The molecule has 0 aromatic carbocycles. The van der Waals surface area contributed by atoms with Crippen molar-refractivity contribution in [2.75, 3.05) is 26.2 Å². The number of aliphatic hydroxyl groups excluding tert-OH is 1. The number of likely N-dealkylation sites (tertiary alicyclic amines) is 1. The van der Waals surface area contributed by atoms with Gasteiger partial charge >= 0.3 is 0 Å². The Morgan fingerprint density at radius 3 is 2.87 bits per heavy atom. The van der Waals surface area contributed by atoms with Crippen LogP contribution in [0, 0.1) is 5.92 Å². The standard InChI is InChI=1S/C12H24N2O/c1-10(5-7-15)8-13-11-4-6-14(9-11)12-2-3-12/h10-13,15H,2-9H2,1H3. The SMILES string of the molecule is CC(CCO)CNC1CCN(C2CC2)C1. The first kappa shape index (κ1) is 11.4. The van der Waals surface area contributed by atoms with Gasteiger partial charge in [0.2, 0.25) is 0 Å². The number of nitrogens with one attached hydrogen (secondary N) is 1. The van der Waals surface area contributed by atoms with Crippen LogP contribution in [0.15, 0.2) is 0 Å². The van der Waals surface area contributed by atoms with E-state index in [1.54, 1.807) is 0 Å². The van der Waals surface area contributed by atoms with Crippen molar-refractivity contribution < 1.29 is 5.11 Å². The van der Waals surface area contributed by atoms with Gasteiger partial charge in [0.15, 0.2) is 0 Å². The van der Waals surface area contributed by atoms with Gasteiger partial charge in [-0.25, -0.2) is 0 Å². The summed E-state index contributed by atoms with van der Waals surface area (Å²) in [4.78, 5) is 2.63. The van der Waals surface area contributed by atoms with E-state index in [4.69, 9.17) is 5.11 Å². The fourth-order valence-electron chi connectivity index (χ4n) is 2.42. The molecule has 15 heavy (non-hydrogen) atoms. The molecule has 3 heteroatoms. The lowest BCUT2D eigenvalue weighted by molar-refractivity contribution is 0.256. The maximum absolute atomic E-state index is 8.82. The zero-order valence-corrected chi connectivity index (χ0v) is 9.78. The molecule has 0 aromatic rings. The largest absolute Gasteiger partial charge is 0.396 e. The van der Waals surface area contributed by atoms with Gasteiger partial charge in [-0.2, -0.15) is 0 Å². The second-order valence-corrected chi connectivity index (χ2v) is 5.24. The van der Waals surface area contributed by atoms with Crippen molar-refractivity contribution in [3.63, 3.8) is 0 Å². The van der Waals surface area contributed by atoms with Crippen LogP contribution in [-0.4, -0.2) is 48.3 Å². The lowest BCUT2D eigenvalue weighted by Gasteiger charge is -2.18. The third-order valence-electron chi connectivity index (χ3n) is 3.66. The van der Waals surface area contributed by atoms with Gasteiger partial charge in [0.25, 0.3) is 0 Å². The topological polar surface area (TPSA) is 35.5 Å². The average molecular weight is 212 g/mol. The second kappa shape index (κ2) is 5.28. The van der Waals surface area contributed by atoms with Crippen molar-refractivity contribution in [1.82, 2.24) is 10.2 Å². The molecule has 0 spiro atoms. The highest BCUT2D eigenvalue weighted by atomic mass is 16.3. The Balaban J connectivity index is 1.59. The van der Waals surface area contributed by atoms with Crippen LogP contribution in [0.1, 0.15) is 32.6 Å². The number of nitrogens with zero attached hydrogens (tertiary/aromatic N) is 1. The normalized spacial score (nSPS) is 29.6. The Morgan fingerprint density at radius 1 is 1.40 bits per heavy atom. The van der Waals surface area contributed by atoms with E-state index in [2.05, 4.69) is 17.1 Å². The van der Waals surface area contributed by atoms with Crippen LogP contribution >= 0.6 is 0 Å². The van der Waals surface area contributed by atoms with Gasteiger partial charge < -0.3 is 10.4 Å². The van der Waals surface area contributed by atoms with Crippen LogP contribution in [0.2, 0.25) is 0 Å². The van der Waals surface area contributed by atoms with Gasteiger partial charge in [-0.1, -0.05) is 6.92 Å². The zero-order valence-electron chi connectivity index (χ0n) is 9.78. The van der Waals surface area contributed by atoms with Crippen molar-refractivity contribution >= 4 is 0 Å². The highest BCUT2D eigenvalue weighted by Crippen LogP contribution is 2.29. The predicted octanol–water partition coefficient (Wildman–Crippen LogP) is 0.831. The predicted molar refractivity (Wildman–Crippen MR) is 61.9 cm³/mol. The van der Waals surface area contributed by atoms with Gasteiger partial charge in [0.05, 0.1) is 0 Å². The summed E-state index contributed by atoms with van der Waals surface area (Å²) < 4.78 is 0. The lowest BCUT2D eigenvalue weighted by Crippen LogP contribution is -2.35. The van der Waals surface area contributed by atoms with E-state index in [-0.39, 0.29) is 0 Å². The highest BCUT2D eigenvalue weighted by Gasteiger charge is 2.34. The van der Waals surface area contributed by atoms with Crippen LogP contribution in [0.3, 0.4) is 0 Å². The van der Waals surface area contributed by atoms with E-state index in [9.17, 15) is 0 Å². The molecule has 1 aliphatic heterocycles. The molecule has 2 N–H and O–H groups in total. The van der Waals surface area contributed by atoms with Crippen molar-refractivity contribution in [3.05, 3.63) is 0 Å². The molecule has 1 aliphatic carbocycles. The Morgan fingerprint density at radius 2 is 2.20 bits per heavy atom. The van der Waals surface area contributed by atoms with E-state index in [0.717, 1.165) is 19.0 Å². The lowest BCUT2D eigenvalue weighted by atomic mass is 10.1. The minimum absolute atomic E-state index is 0.321. The second-order valence-electron chi connectivity index (χ2n) is 5.24. The number of rotatable bonds is 6. The van der Waals surface area contributed by atoms with Gasteiger partial charge in [0.1, 0.15) is 0 Å². The summed E-state index contributed by atoms with van der Waals surface area (Å²) in [6.45, 7) is 6.12. The molecular formula is C12H24N2O. The summed E-state index contributed by atoms with van der Waals surface area (Å²) in [6.07, 6.45) is 5.08. The van der Waals surface area contributed by atoms with E-state index >= 15 is 0 Å². The summed E-state index contributed by atoms with van der Waals surface area (Å²) in [5.41, 5.74) is 0. The van der Waals surface area contributed by atoms with Crippen LogP contribution in [0.25, 0.3) is 0 Å². The van der Waals surface area contributed by atoms with Crippen LogP contribution in [-0.2, 0) is 0 Å². The molecular weight excluding hydrogens is 188 g/mol. The maximum atomic E-state index is 8.82. The minimum Gasteiger partial charge on any atom is -0.396 e. The van der Waals surface area contributed by atoms with Crippen LogP contribution in [0.4, 0.5) is 0 Å². The Bertz CT molecular complexity index is 194. The van der Waals surface area contributed by atoms with Gasteiger partial charge in [-0.3, -0.25) is 4.90 Å². The van der Waals surface area contributed by atoms with Crippen molar-refractivity contribution in [2.24, 2.45) is 5.92 Å². The minimum atomic E-state index is 0.321. The summed E-state index contributed by atoms with van der Waals surface area (Å²) >= 11 is 0. The van der Waals surface area contributed by atoms with Crippen molar-refractivity contribution in [2.45, 2.75) is 44.7 Å². The first-order valence-electron chi connectivity index (χ1n) is 6.38. The maximum Gasteiger partial charge on any atom is 0.0434 e. The molecule has 2 unspecified atom stereocenters. The molecule has 2 rings (SSSR count). The molecule has 0 bridgehead atoms. The quantitative estimate of drug-likeness (QED) is 0.684. The first-order chi connectivity index (χ1) is 7.29. The summed E-state index contributed by atoms with van der Waals surface area (Å²) in [5, 5.41) is 12.4. The molecule has 0 amide bonds. The van der Waals surface area contributed by atoms with E-state index in [0.29, 0.717) is 18.6 Å². The third kappa shape index (κ3) is 3.44. The Kier molecular flexibility index (Phi) is 4.00. The van der Waals surface area contributed by atoms with E-state index in [1.807, 2.05) is 0 Å². The van der Waals surface area contributed by atoms with E-state index < -0.39 is 0 Å². The van der Waals surface area contributed by atoms with Crippen LogP contribution in [0.5, 0.6) is 0 Å². The fourth-order valence-corrected chi connectivity index (χ4v) is 2.42. The zero-order chi connectivity index (χ0) is 10.7. The molecule has 88 valence electrons. The highest BCUT2D eigenvalue weighted by molar-refractivity contribution is 4.91.